The lowest BCUT2D eigenvalue weighted by Crippen LogP contribution is -2.18. The van der Waals surface area contributed by atoms with Gasteiger partial charge in [0.1, 0.15) is 6.33 Å². The van der Waals surface area contributed by atoms with Crippen molar-refractivity contribution < 1.29 is 0 Å². The van der Waals surface area contributed by atoms with E-state index < -0.39 is 0 Å². The van der Waals surface area contributed by atoms with Crippen LogP contribution >= 0.6 is 0 Å². The normalized spacial score (nSPS) is 16.5. The average Bonchev–Trinajstić information content (AvgIpc) is 3.07. The molecule has 3 aromatic rings. The molecule has 0 unspecified atom stereocenters. The van der Waals surface area contributed by atoms with Crippen molar-refractivity contribution in [3.8, 4) is 5.95 Å². The number of fused-ring (bicyclic) bond motifs is 2. The molecule has 4 rings (SSSR count). The monoisotopic (exact) mass is 253 g/mol. The van der Waals surface area contributed by atoms with Crippen LogP contribution in [0.2, 0.25) is 0 Å². The van der Waals surface area contributed by atoms with Crippen molar-refractivity contribution in [1.82, 2.24) is 19.5 Å². The van der Waals surface area contributed by atoms with Crippen molar-refractivity contribution in [3.63, 3.8) is 0 Å². The van der Waals surface area contributed by atoms with Gasteiger partial charge in [0.15, 0.2) is 0 Å². The highest BCUT2D eigenvalue weighted by Gasteiger charge is 2.30. The average molecular weight is 253 g/mol. The predicted octanol–water partition coefficient (Wildman–Crippen LogP) is 2.45. The molecule has 0 radical (unpaired) electrons. The minimum atomic E-state index is 0.164. The van der Waals surface area contributed by atoms with Gasteiger partial charge < -0.3 is 10.3 Å². The van der Waals surface area contributed by atoms with Crippen LogP contribution in [0, 0.1) is 0 Å². The Kier molecular flexibility index (Phi) is 1.88. The molecule has 1 aliphatic rings. The molecule has 0 saturated heterocycles. The smallest absolute Gasteiger partial charge is 0.213 e. The Labute approximate surface area is 110 Å². The van der Waals surface area contributed by atoms with Crippen molar-refractivity contribution in [2.24, 2.45) is 0 Å². The summed E-state index contributed by atoms with van der Waals surface area (Å²) >= 11 is 0. The third-order valence-electron chi connectivity index (χ3n) is 3.81. The van der Waals surface area contributed by atoms with E-state index in [0.717, 1.165) is 23.5 Å². The van der Waals surface area contributed by atoms with Gasteiger partial charge in [0.05, 0.1) is 11.0 Å². The largest absolute Gasteiger partial charge is 0.384 e. The molecule has 0 fully saturated rings. The minimum Gasteiger partial charge on any atom is -0.384 e. The highest BCUT2D eigenvalue weighted by atomic mass is 15.2. The van der Waals surface area contributed by atoms with Crippen molar-refractivity contribution in [1.29, 1.82) is 0 Å². The summed E-state index contributed by atoms with van der Waals surface area (Å²) in [5.41, 5.74) is 4.76. The number of nitrogens with zero attached hydrogens (tertiary/aromatic N) is 3. The molecule has 0 aliphatic carbocycles. The fraction of sp³-hybridized carbons (Fsp3) is 0.286. The maximum absolute atomic E-state index is 4.64. The van der Waals surface area contributed by atoms with Gasteiger partial charge in [-0.05, 0) is 17.7 Å². The van der Waals surface area contributed by atoms with Gasteiger partial charge in [0.2, 0.25) is 5.95 Å². The number of imidazole rings is 2. The molecule has 0 amide bonds. The molecule has 0 saturated carbocycles. The van der Waals surface area contributed by atoms with E-state index in [1.807, 2.05) is 10.8 Å². The molecule has 5 heteroatoms. The number of aromatic amines is 1. The number of nitrogens with one attached hydrogen (secondary N) is 2. The zero-order valence-corrected chi connectivity index (χ0v) is 10.9. The van der Waals surface area contributed by atoms with Crippen LogP contribution in [0.3, 0.4) is 0 Å². The van der Waals surface area contributed by atoms with Gasteiger partial charge in [0.25, 0.3) is 0 Å². The van der Waals surface area contributed by atoms with Gasteiger partial charge in [-0.1, -0.05) is 13.8 Å². The van der Waals surface area contributed by atoms with Crippen LogP contribution in [0.5, 0.6) is 0 Å². The number of rotatable bonds is 1. The lowest BCUT2D eigenvalue weighted by atomic mass is 9.87. The molecule has 19 heavy (non-hydrogen) atoms. The van der Waals surface area contributed by atoms with E-state index in [2.05, 4.69) is 46.2 Å². The van der Waals surface area contributed by atoms with Gasteiger partial charge in [-0.25, -0.2) is 9.97 Å². The lowest BCUT2D eigenvalue weighted by molar-refractivity contribution is 0.586. The van der Waals surface area contributed by atoms with E-state index in [-0.39, 0.29) is 5.41 Å². The fourth-order valence-corrected chi connectivity index (χ4v) is 2.67. The second kappa shape index (κ2) is 3.38. The fourth-order valence-electron chi connectivity index (χ4n) is 2.67. The minimum absolute atomic E-state index is 0.164. The number of anilines is 1. The van der Waals surface area contributed by atoms with Crippen molar-refractivity contribution in [2.75, 3.05) is 11.9 Å². The second-order valence-corrected chi connectivity index (χ2v) is 5.68. The van der Waals surface area contributed by atoms with Crippen LogP contribution in [-0.2, 0) is 5.41 Å². The van der Waals surface area contributed by atoms with Crippen LogP contribution in [0.4, 0.5) is 5.69 Å². The lowest BCUT2D eigenvalue weighted by Gasteiger charge is -2.16. The third-order valence-corrected chi connectivity index (χ3v) is 3.81. The van der Waals surface area contributed by atoms with Crippen LogP contribution in [0.1, 0.15) is 19.4 Å². The standard InChI is InChI=1S/C14H15N5/c1-14(2)7-16-10-6-12-11(5-9(10)14)17-13(18-12)19-4-3-15-8-19/h3-6,8,16H,7H2,1-2H3,(H,17,18). The highest BCUT2D eigenvalue weighted by Crippen LogP contribution is 2.38. The summed E-state index contributed by atoms with van der Waals surface area (Å²) < 4.78 is 1.88. The Morgan fingerprint density at radius 2 is 2.21 bits per heavy atom. The molecule has 2 N–H and O–H groups in total. The Hall–Kier alpha value is -2.30. The SMILES string of the molecule is CC1(C)CNc2cc3[nH]c(-n4ccnc4)nc3cc21. The highest BCUT2D eigenvalue weighted by molar-refractivity contribution is 5.84. The van der Waals surface area contributed by atoms with Crippen molar-refractivity contribution >= 4 is 16.7 Å². The first-order chi connectivity index (χ1) is 9.13. The second-order valence-electron chi connectivity index (χ2n) is 5.68. The number of H-pyrrole nitrogens is 1. The van der Waals surface area contributed by atoms with Gasteiger partial charge in [-0.15, -0.1) is 0 Å². The first-order valence-electron chi connectivity index (χ1n) is 6.40. The van der Waals surface area contributed by atoms with E-state index in [0.29, 0.717) is 0 Å². The maximum atomic E-state index is 4.64. The summed E-state index contributed by atoms with van der Waals surface area (Å²) in [6.07, 6.45) is 5.37. The molecular formula is C14H15N5. The molecule has 1 aromatic carbocycles. The molecule has 1 aliphatic heterocycles. The van der Waals surface area contributed by atoms with Crippen LogP contribution in [0.15, 0.2) is 30.9 Å². The molecule has 5 nitrogen and oxygen atoms in total. The first kappa shape index (κ1) is 10.6. The van der Waals surface area contributed by atoms with E-state index >= 15 is 0 Å². The van der Waals surface area contributed by atoms with Gasteiger partial charge in [0, 0.05) is 30.0 Å². The van der Waals surface area contributed by atoms with E-state index in [9.17, 15) is 0 Å². The summed E-state index contributed by atoms with van der Waals surface area (Å²) in [7, 11) is 0. The number of hydrogen-bond acceptors (Lipinski definition) is 3. The zero-order chi connectivity index (χ0) is 13.0. The summed E-state index contributed by atoms with van der Waals surface area (Å²) in [4.78, 5) is 12.0. The quantitative estimate of drug-likeness (QED) is 0.700. The van der Waals surface area contributed by atoms with Crippen molar-refractivity contribution in [3.05, 3.63) is 36.4 Å². The van der Waals surface area contributed by atoms with Crippen LogP contribution in [0.25, 0.3) is 17.0 Å². The Balaban J connectivity index is 1.92. The Bertz CT molecular complexity index is 752. The summed E-state index contributed by atoms with van der Waals surface area (Å²) in [6, 6.07) is 4.33. The van der Waals surface area contributed by atoms with Crippen molar-refractivity contribution in [2.45, 2.75) is 19.3 Å². The van der Waals surface area contributed by atoms with E-state index in [1.54, 1.807) is 12.5 Å². The summed E-state index contributed by atoms with van der Waals surface area (Å²) in [6.45, 7) is 5.48. The molecule has 0 atom stereocenters. The molecule has 3 heterocycles. The van der Waals surface area contributed by atoms with E-state index in [1.165, 1.54) is 11.3 Å². The molecule has 0 spiro atoms. The number of hydrogen-bond donors (Lipinski definition) is 2. The molecule has 2 aromatic heterocycles. The Morgan fingerprint density at radius 3 is 3.00 bits per heavy atom. The summed E-state index contributed by atoms with van der Waals surface area (Å²) in [5.74, 6) is 0.800. The van der Waals surface area contributed by atoms with Gasteiger partial charge in [-0.3, -0.25) is 4.57 Å². The maximum Gasteiger partial charge on any atom is 0.213 e. The topological polar surface area (TPSA) is 58.5 Å². The van der Waals surface area contributed by atoms with Crippen LogP contribution in [-0.4, -0.2) is 26.1 Å². The van der Waals surface area contributed by atoms with Gasteiger partial charge >= 0.3 is 0 Å². The van der Waals surface area contributed by atoms with Gasteiger partial charge in [-0.2, -0.15) is 0 Å². The third kappa shape index (κ3) is 1.47. The Morgan fingerprint density at radius 1 is 1.32 bits per heavy atom. The molecule has 0 bridgehead atoms. The first-order valence-corrected chi connectivity index (χ1v) is 6.40. The van der Waals surface area contributed by atoms with E-state index in [4.69, 9.17) is 0 Å². The predicted molar refractivity (Wildman–Crippen MR) is 74.7 cm³/mol. The molecule has 96 valence electrons. The van der Waals surface area contributed by atoms with Crippen LogP contribution < -0.4 is 5.32 Å². The number of aromatic nitrogens is 4. The molecular weight excluding hydrogens is 238 g/mol. The zero-order valence-electron chi connectivity index (χ0n) is 10.9. The number of benzene rings is 1. The summed E-state index contributed by atoms with van der Waals surface area (Å²) in [5, 5.41) is 3.46.